The van der Waals surface area contributed by atoms with Gasteiger partial charge in [-0.15, -0.1) is 10.2 Å². The van der Waals surface area contributed by atoms with Gasteiger partial charge in [-0.25, -0.2) is 0 Å². The van der Waals surface area contributed by atoms with E-state index in [4.69, 9.17) is 0 Å². The zero-order valence-electron chi connectivity index (χ0n) is 15.1. The summed E-state index contributed by atoms with van der Waals surface area (Å²) in [6.45, 7) is 5.35. The van der Waals surface area contributed by atoms with Crippen LogP contribution < -0.4 is 0 Å². The molecule has 0 unspecified atom stereocenters. The average molecular weight is 346 g/mol. The molecule has 25 heavy (non-hydrogen) atoms. The number of aromatic nitrogens is 5. The second kappa shape index (κ2) is 7.35. The zero-order chi connectivity index (χ0) is 18.0. The number of hydrogen-bond donors (Lipinski definition) is 2. The maximum Gasteiger partial charge on any atom is 0.222 e. The number of likely N-dealkylation sites (tertiary alicyclic amines) is 1. The molecular weight excluding hydrogens is 320 g/mol. The lowest BCUT2D eigenvalue weighted by Crippen LogP contribution is -2.39. The topological polar surface area (TPSA) is 99.9 Å². The van der Waals surface area contributed by atoms with Crippen LogP contribution in [-0.4, -0.2) is 54.0 Å². The predicted molar refractivity (Wildman–Crippen MR) is 91.9 cm³/mol. The molecule has 0 radical (unpaired) electrons. The lowest BCUT2D eigenvalue weighted by Gasteiger charge is -2.32. The highest BCUT2D eigenvalue weighted by Crippen LogP contribution is 2.26. The summed E-state index contributed by atoms with van der Waals surface area (Å²) < 4.78 is 1.84. The third kappa shape index (κ3) is 3.58. The number of H-pyrrole nitrogens is 1. The molecule has 3 heterocycles. The molecule has 3 rings (SSSR count). The van der Waals surface area contributed by atoms with Crippen molar-refractivity contribution >= 4 is 5.91 Å². The molecule has 0 bridgehead atoms. The summed E-state index contributed by atoms with van der Waals surface area (Å²) in [5.74, 6) is 1.74. The first kappa shape index (κ1) is 17.6. The van der Waals surface area contributed by atoms with Crippen LogP contribution in [0.25, 0.3) is 0 Å². The quantitative estimate of drug-likeness (QED) is 0.841. The van der Waals surface area contributed by atoms with Crippen molar-refractivity contribution in [3.63, 3.8) is 0 Å². The first-order valence-electron chi connectivity index (χ1n) is 8.78. The fourth-order valence-corrected chi connectivity index (χ4v) is 3.45. The maximum atomic E-state index is 12.6. The molecule has 8 heteroatoms. The summed E-state index contributed by atoms with van der Waals surface area (Å²) in [6.07, 6.45) is 3.07. The van der Waals surface area contributed by atoms with Crippen LogP contribution in [0.4, 0.5) is 0 Å². The van der Waals surface area contributed by atoms with E-state index in [0.29, 0.717) is 25.2 Å². The summed E-state index contributed by atoms with van der Waals surface area (Å²) >= 11 is 0. The molecule has 1 amide bonds. The van der Waals surface area contributed by atoms with Crippen molar-refractivity contribution in [1.82, 2.24) is 29.9 Å². The summed E-state index contributed by atoms with van der Waals surface area (Å²) in [7, 11) is 1.87. The smallest absolute Gasteiger partial charge is 0.222 e. The monoisotopic (exact) mass is 346 g/mol. The van der Waals surface area contributed by atoms with Crippen LogP contribution in [0.15, 0.2) is 0 Å². The van der Waals surface area contributed by atoms with Crippen molar-refractivity contribution in [3.8, 4) is 0 Å². The number of amides is 1. The predicted octanol–water partition coefficient (Wildman–Crippen LogP) is 0.986. The molecule has 1 fully saturated rings. The van der Waals surface area contributed by atoms with Gasteiger partial charge >= 0.3 is 0 Å². The van der Waals surface area contributed by atoms with Crippen LogP contribution in [0.3, 0.4) is 0 Å². The highest BCUT2D eigenvalue weighted by Gasteiger charge is 2.28. The average Bonchev–Trinajstić information content (AvgIpc) is 3.16. The van der Waals surface area contributed by atoms with Crippen LogP contribution in [0, 0.1) is 13.8 Å². The van der Waals surface area contributed by atoms with E-state index in [1.54, 1.807) is 0 Å². The Labute approximate surface area is 147 Å². The Kier molecular flexibility index (Phi) is 5.17. The van der Waals surface area contributed by atoms with Gasteiger partial charge < -0.3 is 14.6 Å². The molecular formula is C17H26N6O2. The van der Waals surface area contributed by atoms with Gasteiger partial charge in [0.1, 0.15) is 12.4 Å². The van der Waals surface area contributed by atoms with E-state index < -0.39 is 0 Å². The van der Waals surface area contributed by atoms with Gasteiger partial charge in [-0.2, -0.15) is 5.10 Å². The summed E-state index contributed by atoms with van der Waals surface area (Å²) in [5, 5.41) is 24.8. The van der Waals surface area contributed by atoms with E-state index in [1.807, 2.05) is 30.4 Å². The van der Waals surface area contributed by atoms with Crippen molar-refractivity contribution < 1.29 is 9.90 Å². The minimum absolute atomic E-state index is 0.124. The zero-order valence-corrected chi connectivity index (χ0v) is 15.1. The molecule has 0 saturated carbocycles. The normalized spacial score (nSPS) is 17.9. The third-order valence-corrected chi connectivity index (χ3v) is 5.21. The molecule has 8 nitrogen and oxygen atoms in total. The number of carbonyl (C=O) groups excluding carboxylic acids is 1. The number of nitrogens with one attached hydrogen (secondary N) is 1. The molecule has 0 aromatic carbocycles. The van der Waals surface area contributed by atoms with Crippen LogP contribution >= 0.6 is 0 Å². The second-order valence-electron chi connectivity index (χ2n) is 6.79. The number of carbonyl (C=O) groups is 1. The van der Waals surface area contributed by atoms with Gasteiger partial charge in [0.2, 0.25) is 5.91 Å². The summed E-state index contributed by atoms with van der Waals surface area (Å²) in [4.78, 5) is 14.5. The molecule has 1 aliphatic rings. The highest BCUT2D eigenvalue weighted by atomic mass is 16.3. The fraction of sp³-hybridized carbons (Fsp3) is 0.647. The van der Waals surface area contributed by atoms with Gasteiger partial charge in [-0.1, -0.05) is 0 Å². The molecule has 1 saturated heterocycles. The van der Waals surface area contributed by atoms with Gasteiger partial charge in [0.05, 0.1) is 5.69 Å². The van der Waals surface area contributed by atoms with Crippen molar-refractivity contribution in [2.45, 2.75) is 52.1 Å². The van der Waals surface area contributed by atoms with E-state index >= 15 is 0 Å². The minimum atomic E-state index is -0.124. The Hall–Kier alpha value is -2.22. The molecule has 2 N–H and O–H groups in total. The number of aromatic amines is 1. The molecule has 2 aromatic heterocycles. The largest absolute Gasteiger partial charge is 0.388 e. The fourth-order valence-electron chi connectivity index (χ4n) is 3.45. The van der Waals surface area contributed by atoms with Gasteiger partial charge in [-0.3, -0.25) is 9.89 Å². The van der Waals surface area contributed by atoms with Gasteiger partial charge in [0, 0.05) is 44.6 Å². The Balaban J connectivity index is 1.61. The van der Waals surface area contributed by atoms with Gasteiger partial charge in [0.15, 0.2) is 5.82 Å². The van der Waals surface area contributed by atoms with Crippen molar-refractivity contribution in [3.05, 3.63) is 28.6 Å². The molecule has 1 atom stereocenters. The Bertz CT molecular complexity index is 750. The number of piperidine rings is 1. The van der Waals surface area contributed by atoms with Crippen LogP contribution in [0.1, 0.15) is 53.8 Å². The van der Waals surface area contributed by atoms with E-state index in [-0.39, 0.29) is 18.4 Å². The van der Waals surface area contributed by atoms with Crippen molar-refractivity contribution in [1.29, 1.82) is 0 Å². The van der Waals surface area contributed by atoms with Gasteiger partial charge in [-0.05, 0) is 32.3 Å². The van der Waals surface area contributed by atoms with E-state index in [0.717, 1.165) is 42.2 Å². The Morgan fingerprint density at radius 3 is 2.80 bits per heavy atom. The van der Waals surface area contributed by atoms with E-state index in [2.05, 4.69) is 20.4 Å². The van der Waals surface area contributed by atoms with Crippen molar-refractivity contribution in [2.24, 2.45) is 7.05 Å². The molecule has 0 aliphatic carbocycles. The van der Waals surface area contributed by atoms with E-state index in [9.17, 15) is 9.90 Å². The standard InChI is InChI=1S/C17H26N6O2/c1-11-12(2)18-19-14(11)6-7-16(25)23-8-4-5-13(9-23)17-21-20-15(10-24)22(17)3/h13,24H,4-10H2,1-3H3,(H,18,19)/t13-/m0/s1. The SMILES string of the molecule is Cc1[nH]nc(CCC(=O)N2CCC[C@H](c3nnc(CO)n3C)C2)c1C. The number of aliphatic hydroxyl groups excluding tert-OH is 1. The number of rotatable bonds is 5. The molecule has 2 aromatic rings. The molecule has 136 valence electrons. The Morgan fingerprint density at radius 1 is 1.36 bits per heavy atom. The van der Waals surface area contributed by atoms with Crippen molar-refractivity contribution in [2.75, 3.05) is 13.1 Å². The first-order valence-corrected chi connectivity index (χ1v) is 8.78. The lowest BCUT2D eigenvalue weighted by atomic mass is 9.96. The highest BCUT2D eigenvalue weighted by molar-refractivity contribution is 5.76. The second-order valence-corrected chi connectivity index (χ2v) is 6.79. The van der Waals surface area contributed by atoms with Gasteiger partial charge in [0.25, 0.3) is 0 Å². The summed E-state index contributed by atoms with van der Waals surface area (Å²) in [5.41, 5.74) is 3.17. The van der Waals surface area contributed by atoms with Crippen LogP contribution in [-0.2, 0) is 24.9 Å². The maximum absolute atomic E-state index is 12.6. The molecule has 0 spiro atoms. The van der Waals surface area contributed by atoms with Crippen LogP contribution in [0.5, 0.6) is 0 Å². The number of nitrogens with zero attached hydrogens (tertiary/aromatic N) is 5. The number of hydrogen-bond acceptors (Lipinski definition) is 5. The van der Waals surface area contributed by atoms with E-state index in [1.165, 1.54) is 0 Å². The lowest BCUT2D eigenvalue weighted by molar-refractivity contribution is -0.132. The minimum Gasteiger partial charge on any atom is -0.388 e. The Morgan fingerprint density at radius 2 is 2.16 bits per heavy atom. The summed E-state index contributed by atoms with van der Waals surface area (Å²) in [6, 6.07) is 0. The van der Waals surface area contributed by atoms with Crippen LogP contribution in [0.2, 0.25) is 0 Å². The molecule has 1 aliphatic heterocycles. The third-order valence-electron chi connectivity index (χ3n) is 5.21. The first-order chi connectivity index (χ1) is 12.0. The number of aliphatic hydroxyl groups is 1. The number of aryl methyl sites for hydroxylation is 2.